The van der Waals surface area contributed by atoms with Gasteiger partial charge < -0.3 is 15.3 Å². The molecule has 2 aromatic rings. The first-order valence-electron chi connectivity index (χ1n) is 11.3. The smallest absolute Gasteiger partial charge is 0.251 e. The van der Waals surface area contributed by atoms with Gasteiger partial charge in [-0.3, -0.25) is 20.5 Å². The molecule has 1 amide bonds. The molecule has 0 aromatic heterocycles. The summed E-state index contributed by atoms with van der Waals surface area (Å²) in [6, 6.07) is 12.6. The van der Waals surface area contributed by atoms with E-state index in [2.05, 4.69) is 5.32 Å². The highest BCUT2D eigenvalue weighted by atomic mass is 35.5. The fourth-order valence-electron chi connectivity index (χ4n) is 3.38. The number of fused-ring (bicyclic) bond motifs is 1. The third-order valence-electron chi connectivity index (χ3n) is 4.80. The van der Waals surface area contributed by atoms with Crippen LogP contribution in [0.25, 0.3) is 0 Å². The number of halogens is 1. The Morgan fingerprint density at radius 3 is 2.27 bits per heavy atom. The molecular formula is C25H36ClN5O2. The molecule has 1 atom stereocenters. The predicted molar refractivity (Wildman–Crippen MR) is 140 cm³/mol. The van der Waals surface area contributed by atoms with E-state index < -0.39 is 0 Å². The number of nitrogens with one attached hydrogen (secondary N) is 3. The highest BCUT2D eigenvalue weighted by Crippen LogP contribution is 2.39. The van der Waals surface area contributed by atoms with Crippen LogP contribution in [-0.4, -0.2) is 42.4 Å². The zero-order valence-electron chi connectivity index (χ0n) is 20.4. The SMILES string of the molecule is CC.CC.CC(=N)N1C(=N)[C@H](C)CN(c2ccc(Cl)cc2)c2cc(C(=O)NCCO)ccc21. The number of hydrogen-bond donors (Lipinski definition) is 4. The first-order valence-corrected chi connectivity index (χ1v) is 11.7. The van der Waals surface area contributed by atoms with Gasteiger partial charge in [0.25, 0.3) is 5.91 Å². The van der Waals surface area contributed by atoms with Gasteiger partial charge in [-0.05, 0) is 49.4 Å². The maximum absolute atomic E-state index is 12.5. The fourth-order valence-corrected chi connectivity index (χ4v) is 3.50. The number of benzene rings is 2. The summed E-state index contributed by atoms with van der Waals surface area (Å²) in [6.07, 6.45) is 0. The minimum absolute atomic E-state index is 0.136. The number of nitrogens with zero attached hydrogens (tertiary/aromatic N) is 2. The molecule has 0 spiro atoms. The number of anilines is 3. The van der Waals surface area contributed by atoms with Gasteiger partial charge in [-0.15, -0.1) is 0 Å². The maximum Gasteiger partial charge on any atom is 0.251 e. The number of rotatable bonds is 4. The van der Waals surface area contributed by atoms with Gasteiger partial charge in [0.2, 0.25) is 0 Å². The molecule has 4 N–H and O–H groups in total. The van der Waals surface area contributed by atoms with Gasteiger partial charge >= 0.3 is 0 Å². The van der Waals surface area contributed by atoms with Crippen molar-refractivity contribution < 1.29 is 9.90 Å². The molecule has 8 heteroatoms. The average molecular weight is 474 g/mol. The van der Waals surface area contributed by atoms with Crippen LogP contribution in [0.5, 0.6) is 0 Å². The predicted octanol–water partition coefficient (Wildman–Crippen LogP) is 5.68. The minimum Gasteiger partial charge on any atom is -0.395 e. The number of amides is 1. The van der Waals surface area contributed by atoms with Crippen LogP contribution in [0.1, 0.15) is 51.9 Å². The largest absolute Gasteiger partial charge is 0.395 e. The van der Waals surface area contributed by atoms with Crippen molar-refractivity contribution in [1.29, 1.82) is 10.8 Å². The Labute approximate surface area is 202 Å². The normalized spacial score (nSPS) is 14.7. The van der Waals surface area contributed by atoms with Crippen LogP contribution in [-0.2, 0) is 0 Å². The number of aliphatic hydroxyl groups excluding tert-OH is 1. The Kier molecular flexibility index (Phi) is 11.6. The topological polar surface area (TPSA) is 104 Å². The summed E-state index contributed by atoms with van der Waals surface area (Å²) in [7, 11) is 0. The summed E-state index contributed by atoms with van der Waals surface area (Å²) >= 11 is 6.05. The second-order valence-corrected chi connectivity index (χ2v) is 7.41. The maximum atomic E-state index is 12.5. The molecule has 2 aromatic carbocycles. The molecule has 0 unspecified atom stereocenters. The van der Waals surface area contributed by atoms with E-state index in [0.29, 0.717) is 28.7 Å². The highest BCUT2D eigenvalue weighted by molar-refractivity contribution is 6.30. The molecule has 180 valence electrons. The van der Waals surface area contributed by atoms with Gasteiger partial charge in [0.15, 0.2) is 0 Å². The van der Waals surface area contributed by atoms with Gasteiger partial charge in [0.1, 0.15) is 11.7 Å². The summed E-state index contributed by atoms with van der Waals surface area (Å²) < 4.78 is 0. The second kappa shape index (κ2) is 13.6. The van der Waals surface area contributed by atoms with Gasteiger partial charge in [-0.2, -0.15) is 0 Å². The van der Waals surface area contributed by atoms with E-state index in [1.807, 2.05) is 51.7 Å². The average Bonchev–Trinajstić information content (AvgIpc) is 2.94. The van der Waals surface area contributed by atoms with E-state index in [1.165, 1.54) is 0 Å². The van der Waals surface area contributed by atoms with Crippen LogP contribution in [0, 0.1) is 16.7 Å². The number of aliphatic hydroxyl groups is 1. The summed E-state index contributed by atoms with van der Waals surface area (Å²) in [6.45, 7) is 12.1. The molecule has 7 nitrogen and oxygen atoms in total. The Hall–Kier alpha value is -2.90. The van der Waals surface area contributed by atoms with E-state index >= 15 is 0 Å². The molecular weight excluding hydrogens is 438 g/mol. The molecule has 0 saturated heterocycles. The molecule has 0 aliphatic carbocycles. The molecule has 0 bridgehead atoms. The third-order valence-corrected chi connectivity index (χ3v) is 5.06. The Bertz CT molecular complexity index is 946. The van der Waals surface area contributed by atoms with Crippen LogP contribution < -0.4 is 15.1 Å². The van der Waals surface area contributed by atoms with Crippen molar-refractivity contribution in [3.8, 4) is 0 Å². The molecule has 33 heavy (non-hydrogen) atoms. The van der Waals surface area contributed by atoms with Crippen LogP contribution in [0.2, 0.25) is 5.02 Å². The lowest BCUT2D eigenvalue weighted by Crippen LogP contribution is -2.38. The second-order valence-electron chi connectivity index (χ2n) is 6.98. The zero-order chi connectivity index (χ0) is 25.1. The lowest BCUT2D eigenvalue weighted by atomic mass is 10.1. The molecule has 0 radical (unpaired) electrons. The van der Waals surface area contributed by atoms with Crippen molar-refractivity contribution in [3.63, 3.8) is 0 Å². The van der Waals surface area contributed by atoms with E-state index in [9.17, 15) is 4.79 Å². The zero-order valence-corrected chi connectivity index (χ0v) is 21.1. The molecule has 3 rings (SSSR count). The molecule has 1 aliphatic heterocycles. The van der Waals surface area contributed by atoms with Crippen molar-refractivity contribution in [3.05, 3.63) is 53.1 Å². The standard InChI is InChI=1S/C21H24ClN5O2.2C2H6/c1-13-12-26(17-6-4-16(22)5-7-17)19-11-15(21(29)25-9-10-28)3-8-18(19)27(14(2)23)20(13)24;2*1-2/h3-8,11,13,23-24,28H,9-10,12H2,1-2H3,(H,25,29);2*1-2H3/t13-;;/m1../s1. The minimum atomic E-state index is -0.289. The summed E-state index contributed by atoms with van der Waals surface area (Å²) in [4.78, 5) is 16.1. The first kappa shape index (κ1) is 28.1. The molecule has 1 heterocycles. The van der Waals surface area contributed by atoms with Crippen molar-refractivity contribution >= 4 is 46.2 Å². The third kappa shape index (κ3) is 6.79. The number of hydrogen-bond acceptors (Lipinski definition) is 5. The van der Waals surface area contributed by atoms with E-state index in [0.717, 1.165) is 11.4 Å². The van der Waals surface area contributed by atoms with Gasteiger partial charge in [0.05, 0.1) is 18.0 Å². The first-order chi connectivity index (χ1) is 15.8. The molecule has 0 fully saturated rings. The van der Waals surface area contributed by atoms with Crippen LogP contribution in [0.15, 0.2) is 42.5 Å². The van der Waals surface area contributed by atoms with Crippen molar-refractivity contribution in [2.24, 2.45) is 5.92 Å². The highest BCUT2D eigenvalue weighted by Gasteiger charge is 2.31. The lowest BCUT2D eigenvalue weighted by Gasteiger charge is -2.27. The Morgan fingerprint density at radius 1 is 1.12 bits per heavy atom. The Balaban J connectivity index is 0.00000129. The van der Waals surface area contributed by atoms with E-state index in [4.69, 9.17) is 27.5 Å². The lowest BCUT2D eigenvalue weighted by molar-refractivity contribution is 0.0945. The fraction of sp³-hybridized carbons (Fsp3) is 0.400. The van der Waals surface area contributed by atoms with Gasteiger partial charge in [0, 0.05) is 35.3 Å². The van der Waals surface area contributed by atoms with E-state index in [1.54, 1.807) is 42.2 Å². The van der Waals surface area contributed by atoms with Crippen molar-refractivity contribution in [2.45, 2.75) is 41.5 Å². The number of carbonyl (C=O) groups is 1. The van der Waals surface area contributed by atoms with E-state index in [-0.39, 0.29) is 30.8 Å². The number of amidine groups is 2. The summed E-state index contributed by atoms with van der Waals surface area (Å²) in [5, 5.41) is 29.1. The van der Waals surface area contributed by atoms with Crippen LogP contribution in [0.4, 0.5) is 17.1 Å². The van der Waals surface area contributed by atoms with Crippen LogP contribution in [0.3, 0.4) is 0 Å². The quantitative estimate of drug-likeness (QED) is 0.338. The summed E-state index contributed by atoms with van der Waals surface area (Å²) in [5.41, 5.74) is 2.72. The van der Waals surface area contributed by atoms with Crippen molar-refractivity contribution in [2.75, 3.05) is 29.5 Å². The Morgan fingerprint density at radius 2 is 1.73 bits per heavy atom. The van der Waals surface area contributed by atoms with Crippen LogP contribution >= 0.6 is 11.6 Å². The van der Waals surface area contributed by atoms with Crippen molar-refractivity contribution in [1.82, 2.24) is 5.32 Å². The summed E-state index contributed by atoms with van der Waals surface area (Å²) in [5.74, 6) is 0.125. The monoisotopic (exact) mass is 473 g/mol. The van der Waals surface area contributed by atoms with Gasteiger partial charge in [-0.25, -0.2) is 0 Å². The molecule has 1 aliphatic rings. The molecule has 0 saturated carbocycles. The number of carbonyl (C=O) groups excluding carboxylic acids is 1. The van der Waals surface area contributed by atoms with Gasteiger partial charge in [-0.1, -0.05) is 46.2 Å².